The van der Waals surface area contributed by atoms with Crippen molar-refractivity contribution in [2.45, 2.75) is 0 Å². The monoisotopic (exact) mass is 422 g/mol. The molecule has 0 spiro atoms. The van der Waals surface area contributed by atoms with Crippen molar-refractivity contribution in [2.24, 2.45) is 0 Å². The van der Waals surface area contributed by atoms with Gasteiger partial charge in [0, 0.05) is 11.1 Å². The van der Waals surface area contributed by atoms with Crippen LogP contribution in [0.3, 0.4) is 0 Å². The Balaban J connectivity index is 1.78. The van der Waals surface area contributed by atoms with Crippen LogP contribution in [0.5, 0.6) is 11.5 Å². The third kappa shape index (κ3) is 5.45. The van der Waals surface area contributed by atoms with Gasteiger partial charge in [0.15, 0.2) is 11.5 Å². The summed E-state index contributed by atoms with van der Waals surface area (Å²) >= 11 is 0. The molecule has 2 amide bonds. The van der Waals surface area contributed by atoms with E-state index < -0.39 is 11.8 Å². The number of halogens is 1. The Morgan fingerprint density at radius 1 is 0.871 bits per heavy atom. The fourth-order valence-electron chi connectivity index (χ4n) is 2.82. The number of carbonyl (C=O) groups is 2. The van der Waals surface area contributed by atoms with Crippen molar-refractivity contribution in [3.05, 3.63) is 89.5 Å². The van der Waals surface area contributed by atoms with Crippen molar-refractivity contribution in [2.75, 3.05) is 19.5 Å². The number of nitrogens with one attached hydrogen (secondary N) is 2. The van der Waals surface area contributed by atoms with Crippen LogP contribution in [0.15, 0.2) is 72.8 Å². The number of rotatable bonds is 7. The quantitative estimate of drug-likeness (QED) is 0.346. The van der Waals surface area contributed by atoms with Gasteiger partial charge in [-0.15, -0.1) is 0 Å². The number of hydrazone groups is 1. The van der Waals surface area contributed by atoms with Gasteiger partial charge in [-0.2, -0.15) is 0 Å². The van der Waals surface area contributed by atoms with E-state index in [-0.39, 0.29) is 16.2 Å². The molecule has 0 bridgehead atoms. The van der Waals surface area contributed by atoms with Crippen molar-refractivity contribution in [1.82, 2.24) is 5.43 Å². The molecule has 0 atom stereocenters. The summed E-state index contributed by atoms with van der Waals surface area (Å²) in [6.07, 6.45) is 1.13. The zero-order chi connectivity index (χ0) is 22.2. The number of anilines is 1. The van der Waals surface area contributed by atoms with Gasteiger partial charge in [-0.3, -0.25) is 9.59 Å². The predicted octanol–water partition coefficient (Wildman–Crippen LogP) is 3.62. The highest BCUT2D eigenvalue weighted by Crippen LogP contribution is 2.28. The van der Waals surface area contributed by atoms with Gasteiger partial charge in [-0.25, -0.2) is 0 Å². The van der Waals surface area contributed by atoms with Crippen LogP contribution in [0, 0.1) is 0 Å². The summed E-state index contributed by atoms with van der Waals surface area (Å²) in [6.45, 7) is 0. The molecule has 3 rings (SSSR count). The lowest BCUT2D eigenvalue weighted by molar-refractivity contribution is -0.740. The van der Waals surface area contributed by atoms with E-state index in [1.54, 1.807) is 60.7 Å². The first-order chi connectivity index (χ1) is 15.0. The highest BCUT2D eigenvalue weighted by Gasteiger charge is 2.19. The van der Waals surface area contributed by atoms with E-state index >= 15 is 0 Å². The maximum Gasteiger partial charge on any atom is 0.311 e. The molecule has 31 heavy (non-hydrogen) atoms. The number of hydrazine groups is 1. The van der Waals surface area contributed by atoms with Crippen molar-refractivity contribution >= 4 is 23.7 Å². The van der Waals surface area contributed by atoms with Crippen LogP contribution in [-0.2, 0) is 0 Å². The van der Waals surface area contributed by atoms with Gasteiger partial charge >= 0.3 is 5.91 Å². The lowest BCUT2D eigenvalue weighted by Crippen LogP contribution is -2.31. The summed E-state index contributed by atoms with van der Waals surface area (Å²) < 4.78 is 24.6. The van der Waals surface area contributed by atoms with Crippen LogP contribution in [0.25, 0.3) is 0 Å². The van der Waals surface area contributed by atoms with Gasteiger partial charge < -0.3 is 14.8 Å². The van der Waals surface area contributed by atoms with Gasteiger partial charge in [0.2, 0.25) is 0 Å². The van der Waals surface area contributed by atoms with E-state index in [0.717, 1.165) is 6.21 Å². The largest absolute Gasteiger partial charge is 0.493 e. The van der Waals surface area contributed by atoms with Gasteiger partial charge in [-0.1, -0.05) is 35.8 Å². The minimum absolute atomic E-state index is 0.0740. The average molecular weight is 422 g/mol. The molecule has 7 nitrogen and oxygen atoms in total. The summed E-state index contributed by atoms with van der Waals surface area (Å²) in [7, 11) is 2.96. The van der Waals surface area contributed by atoms with Crippen molar-refractivity contribution < 1.29 is 28.5 Å². The zero-order valence-electron chi connectivity index (χ0n) is 17.0. The molecule has 8 heteroatoms. The van der Waals surface area contributed by atoms with Crippen molar-refractivity contribution in [3.63, 3.8) is 0 Å². The molecule has 0 unspecified atom stereocenters. The lowest BCUT2D eigenvalue weighted by Gasteiger charge is -2.11. The van der Waals surface area contributed by atoms with Crippen LogP contribution in [0.1, 0.15) is 26.3 Å². The minimum Gasteiger partial charge on any atom is -0.493 e. The van der Waals surface area contributed by atoms with Crippen LogP contribution < -0.4 is 20.2 Å². The van der Waals surface area contributed by atoms with E-state index in [2.05, 4.69) is 10.7 Å². The second-order valence-electron chi connectivity index (χ2n) is 6.36. The topological polar surface area (TPSA) is 79.7 Å². The third-order valence-corrected chi connectivity index (χ3v) is 4.34. The molecule has 3 aromatic rings. The van der Waals surface area contributed by atoms with Crippen LogP contribution in [0.2, 0.25) is 0 Å². The first-order valence-electron chi connectivity index (χ1n) is 9.30. The summed E-state index contributed by atoms with van der Waals surface area (Å²) in [5, 5.41) is 2.67. The number of ether oxygens (including phenoxy) is 2. The van der Waals surface area contributed by atoms with Crippen LogP contribution in [-0.4, -0.2) is 37.2 Å². The van der Waals surface area contributed by atoms with E-state index in [9.17, 15) is 14.1 Å². The number of hydrogen-bond donors (Lipinski definition) is 2. The molecule has 3 aromatic carbocycles. The normalized spacial score (nSPS) is 10.9. The van der Waals surface area contributed by atoms with Gasteiger partial charge in [0.25, 0.3) is 12.1 Å². The molecule has 0 radical (unpaired) electrons. The number of carbonyl (C=O) groups excluding carboxylic acids is 2. The summed E-state index contributed by atoms with van der Waals surface area (Å²) in [4.78, 5) is 25.3. The molecule has 0 aromatic heterocycles. The molecule has 0 fully saturated rings. The van der Waals surface area contributed by atoms with E-state index in [4.69, 9.17) is 9.47 Å². The molecule has 0 aliphatic carbocycles. The Labute approximate surface area is 178 Å². The molecule has 0 saturated heterocycles. The second kappa shape index (κ2) is 10.0. The smallest absolute Gasteiger partial charge is 0.311 e. The molecule has 2 N–H and O–H groups in total. The fraction of sp³-hybridized carbons (Fsp3) is 0.0870. The summed E-state index contributed by atoms with van der Waals surface area (Å²) in [6, 6.07) is 19.7. The number of benzene rings is 3. The van der Waals surface area contributed by atoms with E-state index in [1.807, 2.05) is 0 Å². The van der Waals surface area contributed by atoms with Crippen LogP contribution >= 0.6 is 0 Å². The average Bonchev–Trinajstić information content (AvgIpc) is 2.79. The first-order valence-corrected chi connectivity index (χ1v) is 9.30. The number of amides is 2. The van der Waals surface area contributed by atoms with E-state index in [1.165, 1.54) is 26.4 Å². The third-order valence-electron chi connectivity index (χ3n) is 4.34. The Bertz CT molecular complexity index is 1120. The van der Waals surface area contributed by atoms with Gasteiger partial charge in [0.05, 0.1) is 25.5 Å². The SMILES string of the molecule is COc1ccc(C(=O)Nc2ccccc2C(=O)N[N+](F)=Cc2ccccc2)cc1OC. The second-order valence-corrected chi connectivity index (χ2v) is 6.36. The molecular weight excluding hydrogens is 401 g/mol. The number of para-hydroxylation sites is 1. The van der Waals surface area contributed by atoms with Gasteiger partial charge in [0.1, 0.15) is 9.39 Å². The summed E-state index contributed by atoms with van der Waals surface area (Å²) in [5.74, 6) is -0.311. The maximum absolute atomic E-state index is 14.2. The Kier molecular flexibility index (Phi) is 6.95. The molecule has 0 aliphatic heterocycles. The molecule has 0 aliphatic rings. The van der Waals surface area contributed by atoms with Gasteiger partial charge in [-0.05, 0) is 42.5 Å². The standard InChI is InChI=1S/C23H20FN3O4/c1-30-20-13-12-17(14-21(20)31-2)22(28)25-19-11-7-6-10-18(19)23(29)26-27(24)15-16-8-4-3-5-9-16/h3-15H,1-2H3,(H-,25,26,28,29)/p+1. The van der Waals surface area contributed by atoms with Crippen molar-refractivity contribution in [1.29, 1.82) is 0 Å². The number of nitrogens with zero attached hydrogens (tertiary/aromatic N) is 1. The number of hydrogen-bond acceptors (Lipinski definition) is 4. The van der Waals surface area contributed by atoms with Crippen molar-refractivity contribution in [3.8, 4) is 11.5 Å². The highest BCUT2D eigenvalue weighted by molar-refractivity contribution is 6.09. The zero-order valence-corrected chi connectivity index (χ0v) is 17.0. The Morgan fingerprint density at radius 2 is 1.55 bits per heavy atom. The Morgan fingerprint density at radius 3 is 2.26 bits per heavy atom. The van der Waals surface area contributed by atoms with Crippen LogP contribution in [0.4, 0.5) is 10.2 Å². The number of methoxy groups -OCH3 is 2. The fourth-order valence-corrected chi connectivity index (χ4v) is 2.82. The summed E-state index contributed by atoms with van der Waals surface area (Å²) in [5.41, 5.74) is 3.32. The minimum atomic E-state index is -0.724. The Hall–Kier alpha value is -4.20. The molecular formula is C23H21FN3O4+. The predicted molar refractivity (Wildman–Crippen MR) is 114 cm³/mol. The highest BCUT2D eigenvalue weighted by atomic mass is 19.2. The lowest BCUT2D eigenvalue weighted by atomic mass is 10.1. The maximum atomic E-state index is 14.2. The molecule has 0 saturated carbocycles. The van der Waals surface area contributed by atoms with E-state index in [0.29, 0.717) is 22.6 Å². The first kappa shape index (κ1) is 21.5. The molecule has 0 heterocycles. The molecule has 158 valence electrons.